The lowest BCUT2D eigenvalue weighted by Crippen LogP contribution is -2.32. The molecule has 114 valence electrons. The highest BCUT2D eigenvalue weighted by Gasteiger charge is 2.00. The lowest BCUT2D eigenvalue weighted by atomic mass is 10.1. The Morgan fingerprint density at radius 1 is 0.955 bits per heavy atom. The summed E-state index contributed by atoms with van der Waals surface area (Å²) in [5, 5.41) is 8.11. The molecule has 4 heteroatoms. The van der Waals surface area contributed by atoms with E-state index in [0.29, 0.717) is 11.7 Å². The summed E-state index contributed by atoms with van der Waals surface area (Å²) < 4.78 is 0. The van der Waals surface area contributed by atoms with Gasteiger partial charge in [-0.2, -0.15) is 5.10 Å². The summed E-state index contributed by atoms with van der Waals surface area (Å²) in [7, 11) is 0. The number of rotatable bonds is 6. The molecule has 0 heterocycles. The number of hydrazone groups is 1. The molecule has 2 N–H and O–H groups in total. The number of nitrogens with one attached hydrogen (secondary N) is 2. The molecular formula is C18H21N3S. The van der Waals surface area contributed by atoms with Crippen molar-refractivity contribution in [2.24, 2.45) is 5.10 Å². The Bertz CT molecular complexity index is 609. The van der Waals surface area contributed by atoms with Crippen LogP contribution < -0.4 is 10.7 Å². The van der Waals surface area contributed by atoms with Gasteiger partial charge in [-0.15, -0.1) is 0 Å². The quantitative estimate of drug-likeness (QED) is 0.485. The first-order chi connectivity index (χ1) is 10.8. The fourth-order valence-electron chi connectivity index (χ4n) is 2.02. The van der Waals surface area contributed by atoms with Gasteiger partial charge in [-0.25, -0.2) is 0 Å². The summed E-state index contributed by atoms with van der Waals surface area (Å²) in [6.45, 7) is 2.80. The minimum absolute atomic E-state index is 0.544. The van der Waals surface area contributed by atoms with Gasteiger partial charge in [0.25, 0.3) is 0 Å². The van der Waals surface area contributed by atoms with Crippen LogP contribution in [-0.4, -0.2) is 10.8 Å². The smallest absolute Gasteiger partial charge is 0.187 e. The van der Waals surface area contributed by atoms with Crippen LogP contribution in [0.5, 0.6) is 0 Å². The van der Waals surface area contributed by atoms with E-state index in [1.807, 2.05) is 36.4 Å². The molecule has 0 amide bonds. The van der Waals surface area contributed by atoms with Gasteiger partial charge < -0.3 is 5.32 Å². The van der Waals surface area contributed by atoms with E-state index in [2.05, 4.69) is 47.0 Å². The number of hydrogen-bond donors (Lipinski definition) is 2. The molecule has 0 spiro atoms. The minimum atomic E-state index is 0.544. The number of hydrogen-bond acceptors (Lipinski definition) is 2. The predicted octanol–water partition coefficient (Wildman–Crippen LogP) is 3.66. The highest BCUT2D eigenvalue weighted by Crippen LogP contribution is 2.03. The average molecular weight is 311 g/mol. The zero-order valence-electron chi connectivity index (χ0n) is 12.8. The van der Waals surface area contributed by atoms with Crippen LogP contribution in [0.25, 0.3) is 0 Å². The third-order valence-corrected chi connectivity index (χ3v) is 3.51. The van der Waals surface area contributed by atoms with Crippen LogP contribution in [-0.2, 0) is 13.0 Å². The first kappa shape index (κ1) is 16.2. The van der Waals surface area contributed by atoms with Gasteiger partial charge in [0.15, 0.2) is 5.11 Å². The molecule has 3 nitrogen and oxygen atoms in total. The monoisotopic (exact) mass is 311 g/mol. The van der Waals surface area contributed by atoms with Gasteiger partial charge in [0, 0.05) is 18.7 Å². The van der Waals surface area contributed by atoms with Crippen LogP contribution in [0.15, 0.2) is 65.8 Å². The van der Waals surface area contributed by atoms with E-state index < -0.39 is 0 Å². The normalized spacial score (nSPS) is 11.0. The fourth-order valence-corrected chi connectivity index (χ4v) is 2.14. The molecule has 0 aliphatic carbocycles. The molecule has 0 unspecified atom stereocenters. The summed E-state index contributed by atoms with van der Waals surface area (Å²) >= 11 is 5.25. The van der Waals surface area contributed by atoms with E-state index >= 15 is 0 Å². The predicted molar refractivity (Wildman–Crippen MR) is 96.9 cm³/mol. The van der Waals surface area contributed by atoms with E-state index in [9.17, 15) is 0 Å². The molecule has 22 heavy (non-hydrogen) atoms. The molecule has 0 fully saturated rings. The van der Waals surface area contributed by atoms with E-state index in [1.165, 1.54) is 11.1 Å². The zero-order valence-corrected chi connectivity index (χ0v) is 13.6. The van der Waals surface area contributed by atoms with Crippen molar-refractivity contribution in [1.29, 1.82) is 0 Å². The second-order valence-corrected chi connectivity index (χ2v) is 5.38. The first-order valence-electron chi connectivity index (χ1n) is 7.45. The van der Waals surface area contributed by atoms with Crippen LogP contribution in [0, 0.1) is 0 Å². The van der Waals surface area contributed by atoms with E-state index in [1.54, 1.807) is 0 Å². The molecule has 2 aromatic carbocycles. The molecule has 0 atom stereocenters. The Hall–Kier alpha value is -2.20. The van der Waals surface area contributed by atoms with E-state index in [4.69, 9.17) is 12.2 Å². The van der Waals surface area contributed by atoms with Crippen molar-refractivity contribution in [3.05, 3.63) is 71.8 Å². The van der Waals surface area contributed by atoms with Gasteiger partial charge in [-0.1, -0.05) is 67.6 Å². The summed E-state index contributed by atoms with van der Waals surface area (Å²) in [5.74, 6) is 0. The van der Waals surface area contributed by atoms with Gasteiger partial charge in [-0.3, -0.25) is 5.43 Å². The highest BCUT2D eigenvalue weighted by molar-refractivity contribution is 7.80. The van der Waals surface area contributed by atoms with E-state index in [0.717, 1.165) is 18.6 Å². The molecule has 0 radical (unpaired) electrons. The molecular weight excluding hydrogens is 290 g/mol. The maximum Gasteiger partial charge on any atom is 0.187 e. The Balaban J connectivity index is 1.82. The maximum atomic E-state index is 5.25. The van der Waals surface area contributed by atoms with Gasteiger partial charge in [0.1, 0.15) is 0 Å². The van der Waals surface area contributed by atoms with Crippen LogP contribution in [0.4, 0.5) is 0 Å². The van der Waals surface area contributed by atoms with Crippen LogP contribution in [0.1, 0.15) is 24.5 Å². The zero-order chi connectivity index (χ0) is 15.6. The molecule has 0 saturated carbocycles. The fraction of sp³-hybridized carbons (Fsp3) is 0.222. The molecule has 0 aliphatic heterocycles. The van der Waals surface area contributed by atoms with Gasteiger partial charge in [-0.05, 0) is 29.8 Å². The third kappa shape index (κ3) is 5.66. The minimum Gasteiger partial charge on any atom is -0.357 e. The second kappa shape index (κ2) is 8.95. The van der Waals surface area contributed by atoms with Crippen molar-refractivity contribution >= 4 is 23.0 Å². The first-order valence-corrected chi connectivity index (χ1v) is 7.86. The second-order valence-electron chi connectivity index (χ2n) is 4.97. The van der Waals surface area contributed by atoms with Gasteiger partial charge in [0.05, 0.1) is 0 Å². The molecule has 2 rings (SSSR count). The number of nitrogens with zero attached hydrogens (tertiary/aromatic N) is 1. The Morgan fingerprint density at radius 2 is 1.55 bits per heavy atom. The standard InChI is InChI=1S/C18H21N3S/c1-2-17(13-15-9-5-3-6-10-15)20-21-18(22)19-14-16-11-7-4-8-12-16/h3-12H,2,13-14H2,1H3,(H2,19,21,22)/b20-17+. The van der Waals surface area contributed by atoms with Crippen molar-refractivity contribution in [3.63, 3.8) is 0 Å². The summed E-state index contributed by atoms with van der Waals surface area (Å²) in [5.41, 5.74) is 6.46. The van der Waals surface area contributed by atoms with Crippen molar-refractivity contribution in [2.75, 3.05) is 0 Å². The number of benzene rings is 2. The van der Waals surface area contributed by atoms with E-state index in [-0.39, 0.29) is 0 Å². The maximum absolute atomic E-state index is 5.25. The van der Waals surface area contributed by atoms with Crippen LogP contribution in [0.2, 0.25) is 0 Å². The van der Waals surface area contributed by atoms with Crippen molar-refractivity contribution in [1.82, 2.24) is 10.7 Å². The molecule has 0 saturated heterocycles. The summed E-state index contributed by atoms with van der Waals surface area (Å²) in [6, 6.07) is 20.5. The summed E-state index contributed by atoms with van der Waals surface area (Å²) in [4.78, 5) is 0. The van der Waals surface area contributed by atoms with Crippen molar-refractivity contribution in [3.8, 4) is 0 Å². The van der Waals surface area contributed by atoms with Crippen LogP contribution >= 0.6 is 12.2 Å². The third-order valence-electron chi connectivity index (χ3n) is 3.27. The van der Waals surface area contributed by atoms with Gasteiger partial charge >= 0.3 is 0 Å². The SMILES string of the molecule is CC/C(Cc1ccccc1)=N\NC(=S)NCc1ccccc1. The highest BCUT2D eigenvalue weighted by atomic mass is 32.1. The van der Waals surface area contributed by atoms with Crippen LogP contribution in [0.3, 0.4) is 0 Å². The molecule has 0 bridgehead atoms. The molecule has 0 aromatic heterocycles. The van der Waals surface area contributed by atoms with Gasteiger partial charge in [0.2, 0.25) is 0 Å². The Morgan fingerprint density at radius 3 is 2.14 bits per heavy atom. The topological polar surface area (TPSA) is 36.4 Å². The molecule has 2 aromatic rings. The lowest BCUT2D eigenvalue weighted by molar-refractivity contribution is 0.861. The molecule has 0 aliphatic rings. The average Bonchev–Trinajstić information content (AvgIpc) is 2.58. The largest absolute Gasteiger partial charge is 0.357 e. The Labute approximate surface area is 137 Å². The Kier molecular flexibility index (Phi) is 6.58. The van der Waals surface area contributed by atoms with Crippen molar-refractivity contribution < 1.29 is 0 Å². The lowest BCUT2D eigenvalue weighted by Gasteiger charge is -2.09. The van der Waals surface area contributed by atoms with Crippen molar-refractivity contribution in [2.45, 2.75) is 26.3 Å². The summed E-state index contributed by atoms with van der Waals surface area (Å²) in [6.07, 6.45) is 1.73. The number of thiocarbonyl (C=S) groups is 1.